The molecule has 0 aliphatic carbocycles. The predicted octanol–water partition coefficient (Wildman–Crippen LogP) is 0.374. The Bertz CT molecular complexity index is 547. The third-order valence-corrected chi connectivity index (χ3v) is 5.91. The Morgan fingerprint density at radius 2 is 1.79 bits per heavy atom. The van der Waals surface area contributed by atoms with Crippen molar-refractivity contribution in [2.24, 2.45) is 0 Å². The molecule has 0 saturated carbocycles. The molecule has 1 spiro atoms. The first-order chi connectivity index (χ1) is 11.7. The summed E-state index contributed by atoms with van der Waals surface area (Å²) >= 11 is 0. The van der Waals surface area contributed by atoms with Crippen LogP contribution in [0.15, 0.2) is 30.3 Å². The Kier molecular flexibility index (Phi) is 4.62. The van der Waals surface area contributed by atoms with Crippen LogP contribution in [0.1, 0.15) is 18.4 Å². The van der Waals surface area contributed by atoms with Crippen molar-refractivity contribution in [3.05, 3.63) is 35.9 Å². The third-order valence-electron chi connectivity index (χ3n) is 5.91. The maximum atomic E-state index is 10.2. The number of hydrogen-bond acceptors (Lipinski definition) is 5. The van der Waals surface area contributed by atoms with Gasteiger partial charge in [-0.3, -0.25) is 14.7 Å². The zero-order valence-corrected chi connectivity index (χ0v) is 14.3. The summed E-state index contributed by atoms with van der Waals surface area (Å²) in [5.41, 5.74) is 1.57. The molecule has 5 nitrogen and oxygen atoms in total. The Hall–Kier alpha value is -0.980. The molecule has 3 heterocycles. The van der Waals surface area contributed by atoms with E-state index < -0.39 is 0 Å². The standard InChI is InChI=1S/C19H29N3O2/c23-8-4-7-20-11-17-9-18(24)12-22(17)19(13-20)14-21(15-19)10-16-5-2-1-3-6-16/h1-3,5-6,17-18,23-24H,4,7-15H2/t17-,18-/m1/s1. The molecule has 1 aromatic carbocycles. The minimum Gasteiger partial charge on any atom is -0.396 e. The summed E-state index contributed by atoms with van der Waals surface area (Å²) in [6.45, 7) is 7.36. The van der Waals surface area contributed by atoms with Crippen LogP contribution in [0, 0.1) is 0 Å². The van der Waals surface area contributed by atoms with E-state index >= 15 is 0 Å². The van der Waals surface area contributed by atoms with Crippen molar-refractivity contribution in [2.75, 3.05) is 45.9 Å². The fourth-order valence-corrected chi connectivity index (χ4v) is 5.00. The second kappa shape index (κ2) is 6.73. The van der Waals surface area contributed by atoms with Crippen molar-refractivity contribution in [1.82, 2.24) is 14.7 Å². The zero-order valence-electron chi connectivity index (χ0n) is 14.3. The molecule has 2 atom stereocenters. The number of fused-ring (bicyclic) bond motifs is 2. The average Bonchev–Trinajstić information content (AvgIpc) is 2.93. The Labute approximate surface area is 144 Å². The van der Waals surface area contributed by atoms with Crippen molar-refractivity contribution in [3.8, 4) is 0 Å². The van der Waals surface area contributed by atoms with Crippen molar-refractivity contribution < 1.29 is 10.2 Å². The highest BCUT2D eigenvalue weighted by Gasteiger charge is 2.55. The van der Waals surface area contributed by atoms with Crippen LogP contribution >= 0.6 is 0 Å². The molecule has 24 heavy (non-hydrogen) atoms. The maximum absolute atomic E-state index is 10.2. The van der Waals surface area contributed by atoms with Crippen LogP contribution in [-0.2, 0) is 6.54 Å². The molecular weight excluding hydrogens is 302 g/mol. The van der Waals surface area contributed by atoms with E-state index in [-0.39, 0.29) is 18.2 Å². The molecule has 1 aromatic rings. The van der Waals surface area contributed by atoms with E-state index in [9.17, 15) is 5.11 Å². The van der Waals surface area contributed by atoms with Crippen molar-refractivity contribution in [3.63, 3.8) is 0 Å². The highest BCUT2D eigenvalue weighted by Crippen LogP contribution is 2.39. The average molecular weight is 331 g/mol. The molecule has 2 N–H and O–H groups in total. The summed E-state index contributed by atoms with van der Waals surface area (Å²) in [4.78, 5) is 7.62. The second-order valence-electron chi connectivity index (χ2n) is 7.86. The summed E-state index contributed by atoms with van der Waals surface area (Å²) in [5, 5.41) is 19.3. The van der Waals surface area contributed by atoms with Gasteiger partial charge in [0.1, 0.15) is 0 Å². The van der Waals surface area contributed by atoms with E-state index in [0.717, 1.165) is 58.7 Å². The van der Waals surface area contributed by atoms with Crippen LogP contribution in [0.4, 0.5) is 0 Å². The lowest BCUT2D eigenvalue weighted by Crippen LogP contribution is -2.77. The van der Waals surface area contributed by atoms with Crippen LogP contribution in [0.5, 0.6) is 0 Å². The monoisotopic (exact) mass is 331 g/mol. The topological polar surface area (TPSA) is 50.2 Å². The minimum atomic E-state index is -0.173. The van der Waals surface area contributed by atoms with Crippen LogP contribution in [-0.4, -0.2) is 88.5 Å². The molecule has 3 saturated heterocycles. The van der Waals surface area contributed by atoms with Gasteiger partial charge in [0, 0.05) is 58.5 Å². The van der Waals surface area contributed by atoms with Crippen LogP contribution < -0.4 is 0 Å². The van der Waals surface area contributed by atoms with Gasteiger partial charge in [-0.15, -0.1) is 0 Å². The quantitative estimate of drug-likeness (QED) is 0.817. The molecule has 0 aromatic heterocycles. The Morgan fingerprint density at radius 1 is 1.04 bits per heavy atom. The van der Waals surface area contributed by atoms with Crippen molar-refractivity contribution in [1.29, 1.82) is 0 Å². The molecule has 0 radical (unpaired) electrons. The van der Waals surface area contributed by atoms with Gasteiger partial charge in [0.25, 0.3) is 0 Å². The van der Waals surface area contributed by atoms with Gasteiger partial charge in [0.05, 0.1) is 11.6 Å². The highest BCUT2D eigenvalue weighted by atomic mass is 16.3. The lowest BCUT2D eigenvalue weighted by molar-refractivity contribution is -0.116. The summed E-state index contributed by atoms with van der Waals surface area (Å²) in [6.07, 6.45) is 1.57. The second-order valence-corrected chi connectivity index (χ2v) is 7.86. The van der Waals surface area contributed by atoms with E-state index in [4.69, 9.17) is 5.11 Å². The van der Waals surface area contributed by atoms with Crippen molar-refractivity contribution in [2.45, 2.75) is 37.1 Å². The summed E-state index contributed by atoms with van der Waals surface area (Å²) < 4.78 is 0. The molecule has 132 valence electrons. The first-order valence-corrected chi connectivity index (χ1v) is 9.23. The summed E-state index contributed by atoms with van der Waals surface area (Å²) in [6, 6.07) is 11.1. The lowest BCUT2D eigenvalue weighted by atomic mass is 9.83. The molecule has 0 unspecified atom stereocenters. The number of aliphatic hydroxyl groups is 2. The third kappa shape index (κ3) is 3.11. The predicted molar refractivity (Wildman–Crippen MR) is 93.7 cm³/mol. The largest absolute Gasteiger partial charge is 0.396 e. The maximum Gasteiger partial charge on any atom is 0.0682 e. The van der Waals surface area contributed by atoms with Crippen LogP contribution in [0.3, 0.4) is 0 Å². The fourth-order valence-electron chi connectivity index (χ4n) is 5.00. The van der Waals surface area contributed by atoms with Crippen LogP contribution in [0.2, 0.25) is 0 Å². The van der Waals surface area contributed by atoms with Gasteiger partial charge in [-0.05, 0) is 18.4 Å². The van der Waals surface area contributed by atoms with Crippen LogP contribution in [0.25, 0.3) is 0 Å². The lowest BCUT2D eigenvalue weighted by Gasteiger charge is -2.61. The number of likely N-dealkylation sites (tertiary alicyclic amines) is 1. The van der Waals surface area contributed by atoms with Gasteiger partial charge in [-0.2, -0.15) is 0 Å². The molecule has 0 amide bonds. The number of rotatable bonds is 5. The number of benzene rings is 1. The van der Waals surface area contributed by atoms with Gasteiger partial charge in [-0.25, -0.2) is 0 Å². The number of hydrogen-bond donors (Lipinski definition) is 2. The number of nitrogens with zero attached hydrogens (tertiary/aromatic N) is 3. The first-order valence-electron chi connectivity index (χ1n) is 9.23. The van der Waals surface area contributed by atoms with Crippen molar-refractivity contribution >= 4 is 0 Å². The van der Waals surface area contributed by atoms with E-state index in [2.05, 4.69) is 45.0 Å². The molecule has 0 bridgehead atoms. The zero-order chi connectivity index (χ0) is 16.6. The molecular formula is C19H29N3O2. The Morgan fingerprint density at radius 3 is 2.54 bits per heavy atom. The molecule has 3 aliphatic rings. The van der Waals surface area contributed by atoms with Gasteiger partial charge >= 0.3 is 0 Å². The number of β-amino-alcohol motifs (C(OH)–C–C–N with tert-alkyl or cyclic N) is 1. The summed E-state index contributed by atoms with van der Waals surface area (Å²) in [5.74, 6) is 0. The van der Waals surface area contributed by atoms with Gasteiger partial charge in [0.2, 0.25) is 0 Å². The van der Waals surface area contributed by atoms with E-state index in [0.29, 0.717) is 6.04 Å². The van der Waals surface area contributed by atoms with Gasteiger partial charge < -0.3 is 10.2 Å². The van der Waals surface area contributed by atoms with Gasteiger partial charge in [0.15, 0.2) is 0 Å². The smallest absolute Gasteiger partial charge is 0.0682 e. The van der Waals surface area contributed by atoms with Gasteiger partial charge in [-0.1, -0.05) is 30.3 Å². The number of aliphatic hydroxyl groups excluding tert-OH is 2. The van der Waals surface area contributed by atoms with E-state index in [1.54, 1.807) is 0 Å². The molecule has 3 aliphatic heterocycles. The molecule has 4 rings (SSSR count). The van der Waals surface area contributed by atoms with E-state index in [1.165, 1.54) is 5.56 Å². The minimum absolute atomic E-state index is 0.173. The SMILES string of the molecule is OCCCN1C[C@H]2C[C@@H](O)CN2C2(C1)CN(Cc1ccccc1)C2. The first kappa shape index (κ1) is 16.5. The Balaban J connectivity index is 1.42. The number of piperazine rings is 1. The normalized spacial score (nSPS) is 30.4. The molecule has 3 fully saturated rings. The highest BCUT2D eigenvalue weighted by molar-refractivity contribution is 5.18. The summed E-state index contributed by atoms with van der Waals surface area (Å²) in [7, 11) is 0. The molecule has 5 heteroatoms. The van der Waals surface area contributed by atoms with E-state index in [1.807, 2.05) is 0 Å². The fraction of sp³-hybridized carbons (Fsp3) is 0.684.